The Balaban J connectivity index is 2.82. The molecule has 0 unspecified atom stereocenters. The fourth-order valence-corrected chi connectivity index (χ4v) is 1.92. The predicted molar refractivity (Wildman–Crippen MR) is 83.8 cm³/mol. The van der Waals surface area contributed by atoms with Gasteiger partial charge in [-0.25, -0.2) is 0 Å². The van der Waals surface area contributed by atoms with E-state index >= 15 is 0 Å². The van der Waals surface area contributed by atoms with E-state index in [-0.39, 0.29) is 17.9 Å². The normalized spacial score (nSPS) is 10.5. The maximum atomic E-state index is 12.1. The van der Waals surface area contributed by atoms with Crippen LogP contribution < -0.4 is 10.6 Å². The van der Waals surface area contributed by atoms with Gasteiger partial charge in [-0.05, 0) is 38.5 Å². The van der Waals surface area contributed by atoms with Crippen LogP contribution in [-0.4, -0.2) is 31.6 Å². The number of methoxy groups -OCH3 is 1. The quantitative estimate of drug-likeness (QED) is 0.761. The second-order valence-corrected chi connectivity index (χ2v) is 5.40. The molecule has 0 saturated carbocycles. The van der Waals surface area contributed by atoms with Crippen molar-refractivity contribution in [1.82, 2.24) is 5.32 Å². The van der Waals surface area contributed by atoms with Crippen molar-refractivity contribution < 1.29 is 14.3 Å². The average molecular weight is 313 g/mol. The molecule has 1 rings (SSSR count). The Morgan fingerprint density at radius 2 is 2.05 bits per heavy atom. The van der Waals surface area contributed by atoms with Crippen molar-refractivity contribution in [3.8, 4) is 0 Å². The molecule has 2 amide bonds. The Kier molecular flexibility index (Phi) is 7.19. The van der Waals surface area contributed by atoms with Crippen molar-refractivity contribution in [3.63, 3.8) is 0 Å². The predicted octanol–water partition coefficient (Wildman–Crippen LogP) is 2.84. The number of ether oxygens (including phenoxy) is 1. The van der Waals surface area contributed by atoms with Crippen molar-refractivity contribution in [1.29, 1.82) is 0 Å². The second-order valence-electron chi connectivity index (χ2n) is 4.96. The van der Waals surface area contributed by atoms with E-state index in [1.165, 1.54) is 0 Å². The number of rotatable bonds is 7. The molecular weight excluding hydrogens is 292 g/mol. The number of halogens is 1. The highest BCUT2D eigenvalue weighted by molar-refractivity contribution is 6.31. The number of carbonyl (C=O) groups is 2. The zero-order valence-corrected chi connectivity index (χ0v) is 13.3. The van der Waals surface area contributed by atoms with Crippen molar-refractivity contribution >= 4 is 29.1 Å². The van der Waals surface area contributed by atoms with E-state index in [1.807, 2.05) is 13.8 Å². The molecule has 0 saturated heterocycles. The van der Waals surface area contributed by atoms with Crippen molar-refractivity contribution in [2.75, 3.05) is 19.0 Å². The van der Waals surface area contributed by atoms with Crippen molar-refractivity contribution in [2.45, 2.75) is 32.7 Å². The maximum absolute atomic E-state index is 12.1. The largest absolute Gasteiger partial charge is 0.385 e. The van der Waals surface area contributed by atoms with Crippen LogP contribution in [0.2, 0.25) is 5.02 Å². The standard InChI is InChI=1S/C15H21ClN2O3/c1-10(2)17-15(20)12-7-6-11(16)9-13(12)18-14(19)5-4-8-21-3/h6-7,9-10H,4-5,8H2,1-3H3,(H,17,20)(H,18,19). The molecule has 0 atom stereocenters. The fourth-order valence-electron chi connectivity index (χ4n) is 1.75. The van der Waals surface area contributed by atoms with Crippen molar-refractivity contribution in [2.24, 2.45) is 0 Å². The number of carbonyl (C=O) groups excluding carboxylic acids is 2. The smallest absolute Gasteiger partial charge is 0.253 e. The third-order valence-electron chi connectivity index (χ3n) is 2.67. The van der Waals surface area contributed by atoms with Gasteiger partial charge in [0.05, 0.1) is 11.3 Å². The Bertz CT molecular complexity index is 504. The summed E-state index contributed by atoms with van der Waals surface area (Å²) in [5, 5.41) is 5.98. The van der Waals surface area contributed by atoms with Crippen molar-refractivity contribution in [3.05, 3.63) is 28.8 Å². The number of hydrogen-bond donors (Lipinski definition) is 2. The van der Waals surface area contributed by atoms with E-state index < -0.39 is 0 Å². The molecule has 5 nitrogen and oxygen atoms in total. The van der Waals surface area contributed by atoms with Crippen LogP contribution in [0.5, 0.6) is 0 Å². The summed E-state index contributed by atoms with van der Waals surface area (Å²) < 4.78 is 4.90. The molecule has 1 aromatic carbocycles. The topological polar surface area (TPSA) is 67.4 Å². The van der Waals surface area contributed by atoms with Crippen LogP contribution in [0.25, 0.3) is 0 Å². The minimum atomic E-state index is -0.242. The SMILES string of the molecule is COCCCC(=O)Nc1cc(Cl)ccc1C(=O)NC(C)C. The number of hydrogen-bond acceptors (Lipinski definition) is 3. The summed E-state index contributed by atoms with van der Waals surface area (Å²) >= 11 is 5.93. The molecule has 116 valence electrons. The Labute approximate surface area is 130 Å². The maximum Gasteiger partial charge on any atom is 0.253 e. The zero-order valence-electron chi connectivity index (χ0n) is 12.5. The summed E-state index contributed by atoms with van der Waals surface area (Å²) in [5.41, 5.74) is 0.816. The van der Waals surface area contributed by atoms with Gasteiger partial charge in [0.15, 0.2) is 0 Å². The van der Waals surface area contributed by atoms with Crippen LogP contribution in [0.3, 0.4) is 0 Å². The lowest BCUT2D eigenvalue weighted by molar-refractivity contribution is -0.116. The highest BCUT2D eigenvalue weighted by Gasteiger charge is 2.14. The highest BCUT2D eigenvalue weighted by atomic mass is 35.5. The summed E-state index contributed by atoms with van der Waals surface area (Å²) in [7, 11) is 1.59. The van der Waals surface area contributed by atoms with Gasteiger partial charge in [-0.3, -0.25) is 9.59 Å². The molecule has 6 heteroatoms. The lowest BCUT2D eigenvalue weighted by Crippen LogP contribution is -2.31. The number of benzene rings is 1. The van der Waals surface area contributed by atoms with E-state index in [2.05, 4.69) is 10.6 Å². The molecule has 21 heavy (non-hydrogen) atoms. The van der Waals surface area contributed by atoms with Gasteiger partial charge in [0.1, 0.15) is 0 Å². The second kappa shape index (κ2) is 8.64. The minimum Gasteiger partial charge on any atom is -0.385 e. The van der Waals surface area contributed by atoms with Crippen LogP contribution >= 0.6 is 11.6 Å². The van der Waals surface area contributed by atoms with Gasteiger partial charge in [0.2, 0.25) is 5.91 Å². The van der Waals surface area contributed by atoms with E-state index in [0.29, 0.717) is 35.7 Å². The first-order valence-corrected chi connectivity index (χ1v) is 7.21. The number of nitrogens with one attached hydrogen (secondary N) is 2. The zero-order chi connectivity index (χ0) is 15.8. The lowest BCUT2D eigenvalue weighted by Gasteiger charge is -2.13. The lowest BCUT2D eigenvalue weighted by atomic mass is 10.1. The third-order valence-corrected chi connectivity index (χ3v) is 2.91. The van der Waals surface area contributed by atoms with E-state index in [1.54, 1.807) is 25.3 Å². The van der Waals surface area contributed by atoms with Gasteiger partial charge in [0, 0.05) is 31.2 Å². The first-order valence-electron chi connectivity index (χ1n) is 6.83. The minimum absolute atomic E-state index is 0.0124. The summed E-state index contributed by atoms with van der Waals surface area (Å²) in [6.07, 6.45) is 0.946. The van der Waals surface area contributed by atoms with Gasteiger partial charge >= 0.3 is 0 Å². The molecule has 0 radical (unpaired) electrons. The summed E-state index contributed by atoms with van der Waals surface area (Å²) in [5.74, 6) is -0.415. The third kappa shape index (κ3) is 6.14. The fraction of sp³-hybridized carbons (Fsp3) is 0.467. The van der Waals surface area contributed by atoms with Crippen LogP contribution in [0.4, 0.5) is 5.69 Å². The Hall–Kier alpha value is -1.59. The molecular formula is C15H21ClN2O3. The number of anilines is 1. The molecule has 0 fully saturated rings. The first kappa shape index (κ1) is 17.5. The highest BCUT2D eigenvalue weighted by Crippen LogP contribution is 2.21. The summed E-state index contributed by atoms with van der Waals surface area (Å²) in [6.45, 7) is 4.26. The van der Waals surface area contributed by atoms with Crippen LogP contribution in [0.15, 0.2) is 18.2 Å². The van der Waals surface area contributed by atoms with Gasteiger partial charge in [-0.15, -0.1) is 0 Å². The Morgan fingerprint density at radius 3 is 2.67 bits per heavy atom. The summed E-state index contributed by atoms with van der Waals surface area (Å²) in [6, 6.07) is 4.81. The van der Waals surface area contributed by atoms with E-state index in [4.69, 9.17) is 16.3 Å². The molecule has 1 aromatic rings. The summed E-state index contributed by atoms with van der Waals surface area (Å²) in [4.78, 5) is 24.0. The van der Waals surface area contributed by atoms with Gasteiger partial charge in [-0.2, -0.15) is 0 Å². The van der Waals surface area contributed by atoms with Gasteiger partial charge < -0.3 is 15.4 Å². The first-order chi connectivity index (χ1) is 9.93. The number of amides is 2. The van der Waals surface area contributed by atoms with Gasteiger partial charge in [-0.1, -0.05) is 11.6 Å². The van der Waals surface area contributed by atoms with Crippen LogP contribution in [-0.2, 0) is 9.53 Å². The molecule has 0 spiro atoms. The molecule has 0 heterocycles. The molecule has 0 aliphatic carbocycles. The van der Waals surface area contributed by atoms with E-state index in [0.717, 1.165) is 0 Å². The van der Waals surface area contributed by atoms with E-state index in [9.17, 15) is 9.59 Å². The molecule has 0 aromatic heterocycles. The molecule has 0 aliphatic heterocycles. The molecule has 2 N–H and O–H groups in total. The average Bonchev–Trinajstić information content (AvgIpc) is 2.38. The van der Waals surface area contributed by atoms with Crippen LogP contribution in [0.1, 0.15) is 37.0 Å². The van der Waals surface area contributed by atoms with Gasteiger partial charge in [0.25, 0.3) is 5.91 Å². The Morgan fingerprint density at radius 1 is 1.33 bits per heavy atom. The molecule has 0 bridgehead atoms. The monoisotopic (exact) mass is 312 g/mol. The van der Waals surface area contributed by atoms with Crippen LogP contribution in [0, 0.1) is 0 Å². The molecule has 0 aliphatic rings.